The van der Waals surface area contributed by atoms with E-state index in [9.17, 15) is 14.4 Å². The minimum Gasteiger partial charge on any atom is -0.461 e. The van der Waals surface area contributed by atoms with Crippen molar-refractivity contribution in [1.29, 1.82) is 0 Å². The number of aromatic nitrogens is 3. The normalized spacial score (nSPS) is 17.8. The molecule has 1 saturated carbocycles. The van der Waals surface area contributed by atoms with Gasteiger partial charge in [-0.05, 0) is 88.5 Å². The van der Waals surface area contributed by atoms with Crippen molar-refractivity contribution in [2.75, 3.05) is 22.1 Å². The highest BCUT2D eigenvalue weighted by molar-refractivity contribution is 7.19. The van der Waals surface area contributed by atoms with Gasteiger partial charge in [-0.2, -0.15) is 5.10 Å². The molecule has 0 bridgehead atoms. The molecule has 51 heavy (non-hydrogen) atoms. The van der Waals surface area contributed by atoms with Crippen LogP contribution in [0.4, 0.5) is 25.7 Å². The van der Waals surface area contributed by atoms with Gasteiger partial charge in [-0.1, -0.05) is 47.7 Å². The highest BCUT2D eigenvalue weighted by atomic mass is 32.1. The average Bonchev–Trinajstić information content (AvgIpc) is 3.80. The minimum atomic E-state index is -0.796. The largest absolute Gasteiger partial charge is 0.461 e. The van der Waals surface area contributed by atoms with Crippen LogP contribution in [0.1, 0.15) is 86.0 Å². The van der Waals surface area contributed by atoms with Crippen LogP contribution in [0.3, 0.4) is 0 Å². The first kappa shape index (κ1) is 36.0. The molecular formula is C37H44FN7O5S. The van der Waals surface area contributed by atoms with Crippen molar-refractivity contribution in [2.24, 2.45) is 18.7 Å². The Labute approximate surface area is 300 Å². The number of carbonyl (C=O) groups excluding carboxylic acids is 3. The van der Waals surface area contributed by atoms with Crippen LogP contribution in [0.15, 0.2) is 48.7 Å². The van der Waals surface area contributed by atoms with Gasteiger partial charge in [-0.25, -0.2) is 14.2 Å². The Kier molecular flexibility index (Phi) is 10.4. The van der Waals surface area contributed by atoms with E-state index in [1.165, 1.54) is 6.20 Å². The first-order valence-corrected chi connectivity index (χ1v) is 18.0. The van der Waals surface area contributed by atoms with Crippen molar-refractivity contribution in [1.82, 2.24) is 14.8 Å². The molecule has 4 N–H and O–H groups in total. The van der Waals surface area contributed by atoms with Crippen LogP contribution < -0.4 is 21.3 Å². The number of rotatable bonds is 9. The number of hydrogen-bond donors (Lipinski definition) is 3. The number of aryl methyl sites for hydroxylation is 2. The van der Waals surface area contributed by atoms with Gasteiger partial charge < -0.3 is 25.4 Å². The lowest BCUT2D eigenvalue weighted by atomic mass is 10.00. The number of ether oxygens (including phenoxy) is 2. The lowest BCUT2D eigenvalue weighted by molar-refractivity contribution is -0.150. The predicted molar refractivity (Wildman–Crippen MR) is 194 cm³/mol. The number of benzene rings is 2. The van der Waals surface area contributed by atoms with Gasteiger partial charge in [0.1, 0.15) is 33.7 Å². The summed E-state index contributed by atoms with van der Waals surface area (Å²) in [4.78, 5) is 46.4. The quantitative estimate of drug-likeness (QED) is 0.154. The van der Waals surface area contributed by atoms with E-state index in [0.29, 0.717) is 48.8 Å². The fraction of sp³-hybridized carbons (Fsp3) is 0.432. The van der Waals surface area contributed by atoms with Crippen LogP contribution in [-0.2, 0) is 27.9 Å². The van der Waals surface area contributed by atoms with Crippen molar-refractivity contribution >= 4 is 45.8 Å². The maximum atomic E-state index is 15.6. The lowest BCUT2D eigenvalue weighted by Crippen LogP contribution is -2.44. The van der Waals surface area contributed by atoms with E-state index in [4.69, 9.17) is 15.2 Å². The average molecular weight is 718 g/mol. The van der Waals surface area contributed by atoms with Crippen LogP contribution in [0, 0.1) is 18.7 Å². The molecule has 1 aliphatic heterocycles. The third-order valence-corrected chi connectivity index (χ3v) is 9.88. The van der Waals surface area contributed by atoms with E-state index in [2.05, 4.69) is 20.7 Å². The topological polar surface area (TPSA) is 154 Å². The van der Waals surface area contributed by atoms with Crippen molar-refractivity contribution < 1.29 is 28.2 Å². The standard InChI is InChI=1S/C37H44FN7O5S/c1-21-16-25(23-13-14-23)17-26(29(21)38)32-42-30(33(51-32)43-36(48)50-37(2,3)4)31(46)41-27-19-40-44(5)34(27)45-15-9-12-24(18-28(45)39)35(47)49-20-22-10-7-6-8-11-22/h6-8,10-11,16-17,19,23-24,28H,9,12-15,18,20,39H2,1-5H3,(H,41,46)(H,43,48)/t24?,28-/m1/s1. The van der Waals surface area contributed by atoms with Gasteiger partial charge in [-0.15, -0.1) is 0 Å². The van der Waals surface area contributed by atoms with Crippen LogP contribution in [0.25, 0.3) is 10.6 Å². The summed E-state index contributed by atoms with van der Waals surface area (Å²) >= 11 is 0.997. The van der Waals surface area contributed by atoms with E-state index in [0.717, 1.165) is 35.3 Å². The van der Waals surface area contributed by atoms with Crippen LogP contribution in [0.5, 0.6) is 0 Å². The summed E-state index contributed by atoms with van der Waals surface area (Å²) in [5.41, 5.74) is 8.84. The van der Waals surface area contributed by atoms with E-state index < -0.39 is 35.5 Å². The minimum absolute atomic E-state index is 0.106. The summed E-state index contributed by atoms with van der Waals surface area (Å²) in [6.45, 7) is 7.59. The summed E-state index contributed by atoms with van der Waals surface area (Å²) in [6, 6.07) is 13.1. The number of thiazole rings is 1. The number of carbonyl (C=O) groups is 3. The molecule has 2 aliphatic rings. The highest BCUT2D eigenvalue weighted by Gasteiger charge is 2.33. The molecule has 4 aromatic rings. The van der Waals surface area contributed by atoms with Gasteiger partial charge in [0, 0.05) is 19.2 Å². The zero-order valence-electron chi connectivity index (χ0n) is 29.5. The van der Waals surface area contributed by atoms with Gasteiger partial charge in [0.2, 0.25) is 0 Å². The predicted octanol–water partition coefficient (Wildman–Crippen LogP) is 7.10. The Balaban J connectivity index is 1.24. The first-order chi connectivity index (χ1) is 24.3. The molecule has 2 fully saturated rings. The third kappa shape index (κ3) is 8.56. The molecule has 2 atom stereocenters. The Hall–Kier alpha value is -4.82. The Morgan fingerprint density at radius 2 is 1.84 bits per heavy atom. The molecule has 2 aromatic heterocycles. The van der Waals surface area contributed by atoms with Crippen LogP contribution in [0.2, 0.25) is 0 Å². The zero-order chi connectivity index (χ0) is 36.4. The Bertz CT molecular complexity index is 1920. The fourth-order valence-electron chi connectivity index (χ4n) is 6.25. The van der Waals surface area contributed by atoms with Crippen molar-refractivity contribution in [2.45, 2.75) is 84.1 Å². The van der Waals surface area contributed by atoms with Gasteiger partial charge >= 0.3 is 12.1 Å². The second kappa shape index (κ2) is 14.8. The summed E-state index contributed by atoms with van der Waals surface area (Å²) in [7, 11) is 1.74. The lowest BCUT2D eigenvalue weighted by Gasteiger charge is -2.30. The maximum absolute atomic E-state index is 15.6. The number of hydrogen-bond acceptors (Lipinski definition) is 10. The highest BCUT2D eigenvalue weighted by Crippen LogP contribution is 2.44. The molecule has 12 nitrogen and oxygen atoms in total. The van der Waals surface area contributed by atoms with Gasteiger partial charge in [-0.3, -0.25) is 19.6 Å². The number of amides is 2. The summed E-state index contributed by atoms with van der Waals surface area (Å²) in [6.07, 6.45) is 3.82. The van der Waals surface area contributed by atoms with E-state index in [-0.39, 0.29) is 33.8 Å². The van der Waals surface area contributed by atoms with Gasteiger partial charge in [0.05, 0.1) is 18.3 Å². The van der Waals surface area contributed by atoms with Gasteiger partial charge in [0.15, 0.2) is 11.5 Å². The Morgan fingerprint density at radius 1 is 1.10 bits per heavy atom. The molecule has 3 heterocycles. The number of halogens is 1. The number of nitrogens with two attached hydrogens (primary N) is 1. The molecule has 1 unspecified atom stereocenters. The van der Waals surface area contributed by atoms with E-state index in [1.807, 2.05) is 41.3 Å². The maximum Gasteiger partial charge on any atom is 0.412 e. The number of esters is 1. The molecule has 0 spiro atoms. The Morgan fingerprint density at radius 3 is 2.55 bits per heavy atom. The molecule has 270 valence electrons. The molecular weight excluding hydrogens is 674 g/mol. The van der Waals surface area contributed by atoms with Crippen molar-refractivity contribution in [3.63, 3.8) is 0 Å². The monoisotopic (exact) mass is 717 g/mol. The zero-order valence-corrected chi connectivity index (χ0v) is 30.3. The second-order valence-electron chi connectivity index (χ2n) is 14.2. The molecule has 2 amide bonds. The molecule has 1 aliphatic carbocycles. The molecule has 6 rings (SSSR count). The number of nitrogens with zero attached hydrogens (tertiary/aromatic N) is 4. The van der Waals surface area contributed by atoms with Gasteiger partial charge in [0.25, 0.3) is 5.91 Å². The smallest absolute Gasteiger partial charge is 0.412 e. The first-order valence-electron chi connectivity index (χ1n) is 17.1. The van der Waals surface area contributed by atoms with Crippen molar-refractivity contribution in [3.8, 4) is 10.6 Å². The third-order valence-electron chi connectivity index (χ3n) is 8.88. The molecule has 14 heteroatoms. The number of anilines is 3. The summed E-state index contributed by atoms with van der Waals surface area (Å²) < 4.78 is 28.2. The summed E-state index contributed by atoms with van der Waals surface area (Å²) in [5, 5.41) is 10.3. The van der Waals surface area contributed by atoms with E-state index in [1.54, 1.807) is 45.5 Å². The molecule has 2 aromatic carbocycles. The number of nitrogens with one attached hydrogen (secondary N) is 2. The molecule has 1 saturated heterocycles. The summed E-state index contributed by atoms with van der Waals surface area (Å²) in [5.74, 6) is -0.847. The van der Waals surface area contributed by atoms with Crippen molar-refractivity contribution in [3.05, 3.63) is 76.9 Å². The fourth-order valence-corrected chi connectivity index (χ4v) is 7.21. The van der Waals surface area contributed by atoms with Crippen LogP contribution >= 0.6 is 11.3 Å². The SMILES string of the molecule is Cc1cc(C2CC2)cc(-c2nc(C(=O)Nc3cnn(C)c3N3CCCC(C(=O)OCc4ccccc4)C[C@@H]3N)c(NC(=O)OC(C)(C)C)s2)c1F. The van der Waals surface area contributed by atoms with Crippen LogP contribution in [-0.4, -0.2) is 51.0 Å². The second-order valence-corrected chi connectivity index (χ2v) is 15.2. The molecule has 0 radical (unpaired) electrons. The van der Waals surface area contributed by atoms with E-state index >= 15 is 4.39 Å².